The van der Waals surface area contributed by atoms with Crippen molar-refractivity contribution < 1.29 is 19.4 Å². The number of rotatable bonds is 2. The first-order valence-corrected chi connectivity index (χ1v) is 8.06. The molecule has 0 unspecified atom stereocenters. The van der Waals surface area contributed by atoms with Crippen molar-refractivity contribution in [2.75, 3.05) is 0 Å². The molecule has 0 N–H and O–H groups in total. The van der Waals surface area contributed by atoms with Gasteiger partial charge in [-0.15, -0.1) is 0 Å². The molecular weight excluding hydrogens is 463 g/mol. The van der Waals surface area contributed by atoms with Gasteiger partial charge in [-0.1, -0.05) is 55.1 Å². The number of hydrogen-bond acceptors (Lipinski definition) is 4. The van der Waals surface area contributed by atoms with Crippen molar-refractivity contribution in [3.63, 3.8) is 0 Å². The molecule has 8 heteroatoms. The van der Waals surface area contributed by atoms with E-state index in [1.54, 1.807) is 12.1 Å². The van der Waals surface area contributed by atoms with Gasteiger partial charge >= 0.3 is 11.9 Å². The van der Waals surface area contributed by atoms with Gasteiger partial charge in [0.05, 0.1) is 21.2 Å². The summed E-state index contributed by atoms with van der Waals surface area (Å²) in [5.74, 6) is -1.79. The van der Waals surface area contributed by atoms with Gasteiger partial charge in [-0.2, -0.15) is 0 Å². The van der Waals surface area contributed by atoms with Gasteiger partial charge in [0.25, 0.3) is 0 Å². The van der Waals surface area contributed by atoms with Gasteiger partial charge in [0.2, 0.25) is 0 Å². The van der Waals surface area contributed by atoms with Gasteiger partial charge in [-0.05, 0) is 36.4 Å². The Hall–Kier alpha value is -1.08. The van der Waals surface area contributed by atoms with Gasteiger partial charge in [0, 0.05) is 8.95 Å². The van der Waals surface area contributed by atoms with E-state index in [-0.39, 0.29) is 21.2 Å². The zero-order valence-corrected chi connectivity index (χ0v) is 15.3. The smallest absolute Gasteiger partial charge is 0.241 e. The molecule has 2 aromatic rings. The third kappa shape index (κ3) is 4.23. The molecule has 4 nitrogen and oxygen atoms in total. The Kier molecular flexibility index (Phi) is 5.86. The first-order chi connectivity index (χ1) is 10.4. The Morgan fingerprint density at radius 2 is 1.14 bits per heavy atom. The Bertz CT molecular complexity index is 686. The number of halogens is 4. The molecule has 0 spiro atoms. The summed E-state index contributed by atoms with van der Waals surface area (Å²) in [4.78, 5) is 32.7. The van der Waals surface area contributed by atoms with Crippen molar-refractivity contribution in [3.05, 3.63) is 66.5 Å². The van der Waals surface area contributed by atoms with Crippen LogP contribution in [0.2, 0.25) is 10.0 Å². The molecule has 0 aliphatic heterocycles. The third-order valence-corrected chi connectivity index (χ3v) is 4.14. The lowest BCUT2D eigenvalue weighted by Crippen LogP contribution is -2.12. The van der Waals surface area contributed by atoms with Crippen molar-refractivity contribution in [2.24, 2.45) is 0 Å². The fourth-order valence-electron chi connectivity index (χ4n) is 1.47. The van der Waals surface area contributed by atoms with E-state index in [2.05, 4.69) is 41.6 Å². The minimum absolute atomic E-state index is 0.0594. The standard InChI is InChI=1S/C14H6Br2Cl2O4/c15-7-1-3-11(17)9(5-7)13(19)21-22-14(20)10-6-8(16)2-4-12(10)18/h1-6H. The van der Waals surface area contributed by atoms with Crippen molar-refractivity contribution in [2.45, 2.75) is 0 Å². The summed E-state index contributed by atoms with van der Waals surface area (Å²) in [5, 5.41) is 0.342. The summed E-state index contributed by atoms with van der Waals surface area (Å²) < 4.78 is 1.26. The highest BCUT2D eigenvalue weighted by atomic mass is 79.9. The molecular formula is C14H6Br2Cl2O4. The van der Waals surface area contributed by atoms with Gasteiger partial charge < -0.3 is 0 Å². The quantitative estimate of drug-likeness (QED) is 0.434. The lowest BCUT2D eigenvalue weighted by atomic mass is 10.2. The van der Waals surface area contributed by atoms with E-state index >= 15 is 0 Å². The van der Waals surface area contributed by atoms with E-state index in [1.165, 1.54) is 24.3 Å². The van der Waals surface area contributed by atoms with Gasteiger partial charge in [0.15, 0.2) is 0 Å². The molecule has 0 fully saturated rings. The highest BCUT2D eigenvalue weighted by molar-refractivity contribution is 9.10. The van der Waals surface area contributed by atoms with E-state index in [4.69, 9.17) is 23.2 Å². The molecule has 0 saturated carbocycles. The van der Waals surface area contributed by atoms with E-state index < -0.39 is 11.9 Å². The van der Waals surface area contributed by atoms with E-state index in [0.717, 1.165) is 0 Å². The second-order valence-corrected chi connectivity index (χ2v) is 6.64. The molecule has 0 heterocycles. The zero-order valence-electron chi connectivity index (χ0n) is 10.6. The maximum Gasteiger partial charge on any atom is 0.387 e. The van der Waals surface area contributed by atoms with Gasteiger partial charge in [-0.3, -0.25) is 0 Å². The summed E-state index contributed by atoms with van der Waals surface area (Å²) in [6.45, 7) is 0. The van der Waals surface area contributed by atoms with Crippen LogP contribution in [0, 0.1) is 0 Å². The molecule has 0 aromatic heterocycles. The van der Waals surface area contributed by atoms with Crippen LogP contribution in [-0.4, -0.2) is 11.9 Å². The predicted octanol–water partition coefficient (Wildman–Crippen LogP) is 5.45. The maximum atomic E-state index is 11.9. The minimum Gasteiger partial charge on any atom is -0.241 e. The molecule has 2 rings (SSSR count). The first kappa shape index (κ1) is 17.3. The van der Waals surface area contributed by atoms with E-state index in [0.29, 0.717) is 8.95 Å². The largest absolute Gasteiger partial charge is 0.387 e. The summed E-state index contributed by atoms with van der Waals surface area (Å²) in [6.07, 6.45) is 0. The summed E-state index contributed by atoms with van der Waals surface area (Å²) in [5.41, 5.74) is 0.119. The minimum atomic E-state index is -0.897. The van der Waals surface area contributed by atoms with Crippen LogP contribution in [0.4, 0.5) is 0 Å². The molecule has 22 heavy (non-hydrogen) atoms. The monoisotopic (exact) mass is 466 g/mol. The summed E-state index contributed by atoms with van der Waals surface area (Å²) >= 11 is 18.2. The van der Waals surface area contributed by atoms with Crippen LogP contribution in [-0.2, 0) is 9.78 Å². The molecule has 0 atom stereocenters. The van der Waals surface area contributed by atoms with Crippen LogP contribution in [0.25, 0.3) is 0 Å². The van der Waals surface area contributed by atoms with Crippen molar-refractivity contribution >= 4 is 67.0 Å². The van der Waals surface area contributed by atoms with Crippen LogP contribution in [0.5, 0.6) is 0 Å². The normalized spacial score (nSPS) is 10.2. The van der Waals surface area contributed by atoms with Crippen molar-refractivity contribution in [1.29, 1.82) is 0 Å². The number of carbonyl (C=O) groups excluding carboxylic acids is 2. The second kappa shape index (κ2) is 7.46. The summed E-state index contributed by atoms with van der Waals surface area (Å²) in [6, 6.07) is 9.23. The lowest BCUT2D eigenvalue weighted by molar-refractivity contribution is -0.187. The molecule has 0 radical (unpaired) electrons. The van der Waals surface area contributed by atoms with Crippen LogP contribution in [0.1, 0.15) is 20.7 Å². The fourth-order valence-corrected chi connectivity index (χ4v) is 2.58. The zero-order chi connectivity index (χ0) is 16.3. The highest BCUT2D eigenvalue weighted by Gasteiger charge is 2.19. The van der Waals surface area contributed by atoms with Crippen molar-refractivity contribution in [3.8, 4) is 0 Å². The number of carbonyl (C=O) groups is 2. The average Bonchev–Trinajstić information content (AvgIpc) is 2.49. The Balaban J connectivity index is 2.09. The molecule has 2 aromatic carbocycles. The first-order valence-electron chi connectivity index (χ1n) is 5.72. The molecule has 0 aliphatic carbocycles. The highest BCUT2D eigenvalue weighted by Crippen LogP contribution is 2.24. The maximum absolute atomic E-state index is 11.9. The average molecular weight is 469 g/mol. The Morgan fingerprint density at radius 1 is 0.773 bits per heavy atom. The van der Waals surface area contributed by atoms with E-state index in [1.807, 2.05) is 0 Å². The number of hydrogen-bond donors (Lipinski definition) is 0. The molecule has 0 saturated heterocycles. The van der Waals surface area contributed by atoms with Crippen molar-refractivity contribution in [1.82, 2.24) is 0 Å². The van der Waals surface area contributed by atoms with Crippen LogP contribution in [0.15, 0.2) is 45.3 Å². The topological polar surface area (TPSA) is 52.6 Å². The molecule has 114 valence electrons. The Labute approximate surface area is 152 Å². The van der Waals surface area contributed by atoms with Crippen LogP contribution in [0.3, 0.4) is 0 Å². The fraction of sp³-hybridized carbons (Fsp3) is 0. The third-order valence-electron chi connectivity index (χ3n) is 2.49. The lowest BCUT2D eigenvalue weighted by Gasteiger charge is -2.06. The second-order valence-electron chi connectivity index (χ2n) is 3.99. The SMILES string of the molecule is O=C(OOC(=O)c1cc(Br)ccc1Cl)c1cc(Br)ccc1Cl. The van der Waals surface area contributed by atoms with Crippen LogP contribution >= 0.6 is 55.1 Å². The molecule has 0 aliphatic rings. The van der Waals surface area contributed by atoms with Gasteiger partial charge in [0.1, 0.15) is 0 Å². The Morgan fingerprint density at radius 3 is 1.50 bits per heavy atom. The predicted molar refractivity (Wildman–Crippen MR) is 89.1 cm³/mol. The summed E-state index contributed by atoms with van der Waals surface area (Å²) in [7, 11) is 0. The van der Waals surface area contributed by atoms with Gasteiger partial charge in [-0.25, -0.2) is 19.4 Å². The number of benzene rings is 2. The molecule has 0 bridgehead atoms. The van der Waals surface area contributed by atoms with Crippen LogP contribution < -0.4 is 0 Å². The van der Waals surface area contributed by atoms with E-state index in [9.17, 15) is 9.59 Å². The molecule has 0 amide bonds.